The highest BCUT2D eigenvalue weighted by Crippen LogP contribution is 2.23. The number of halogens is 1. The Morgan fingerprint density at radius 2 is 2.14 bits per heavy atom. The van der Waals surface area contributed by atoms with Crippen molar-refractivity contribution in [2.75, 3.05) is 5.32 Å². The molecule has 0 saturated heterocycles. The van der Waals surface area contributed by atoms with E-state index >= 15 is 0 Å². The summed E-state index contributed by atoms with van der Waals surface area (Å²) < 4.78 is 11.3. The summed E-state index contributed by atoms with van der Waals surface area (Å²) in [5, 5.41) is 2.73. The lowest BCUT2D eigenvalue weighted by atomic mass is 10.3. The van der Waals surface area contributed by atoms with Gasteiger partial charge in [0.1, 0.15) is 5.75 Å². The SMILES string of the molecule is O=C(Nc1cccc(Oc2cnccn2)c1)c1ccc(Br)o1. The third-order valence-corrected chi connectivity index (χ3v) is 3.08. The van der Waals surface area contributed by atoms with E-state index < -0.39 is 0 Å². The van der Waals surface area contributed by atoms with E-state index in [9.17, 15) is 4.79 Å². The Labute approximate surface area is 134 Å². The number of aromatic nitrogens is 2. The first-order valence-electron chi connectivity index (χ1n) is 6.31. The Balaban J connectivity index is 1.72. The van der Waals surface area contributed by atoms with Crippen LogP contribution < -0.4 is 10.1 Å². The Morgan fingerprint density at radius 3 is 2.86 bits per heavy atom. The van der Waals surface area contributed by atoms with Crippen LogP contribution in [0.4, 0.5) is 5.69 Å². The summed E-state index contributed by atoms with van der Waals surface area (Å²) in [5.74, 6) is 0.786. The predicted molar refractivity (Wildman–Crippen MR) is 82.9 cm³/mol. The average Bonchev–Trinajstić information content (AvgIpc) is 2.95. The molecule has 0 bridgehead atoms. The fraction of sp³-hybridized carbons (Fsp3) is 0. The van der Waals surface area contributed by atoms with Crippen molar-refractivity contribution in [3.63, 3.8) is 0 Å². The normalized spacial score (nSPS) is 10.2. The first-order chi connectivity index (χ1) is 10.7. The van der Waals surface area contributed by atoms with Gasteiger partial charge in [0.25, 0.3) is 5.91 Å². The Kier molecular flexibility index (Phi) is 4.15. The van der Waals surface area contributed by atoms with Gasteiger partial charge in [-0.25, -0.2) is 4.98 Å². The van der Waals surface area contributed by atoms with Crippen LogP contribution in [-0.4, -0.2) is 15.9 Å². The number of carbonyl (C=O) groups is 1. The summed E-state index contributed by atoms with van der Waals surface area (Å²) in [6, 6.07) is 10.2. The standard InChI is InChI=1S/C15H10BrN3O3/c16-13-5-4-12(22-13)15(20)19-10-2-1-3-11(8-10)21-14-9-17-6-7-18-14/h1-9H,(H,19,20). The van der Waals surface area contributed by atoms with Crippen LogP contribution in [0.25, 0.3) is 0 Å². The monoisotopic (exact) mass is 359 g/mol. The summed E-state index contributed by atoms with van der Waals surface area (Å²) in [4.78, 5) is 20.0. The maximum atomic E-state index is 12.0. The molecule has 110 valence electrons. The zero-order valence-corrected chi connectivity index (χ0v) is 12.8. The summed E-state index contributed by atoms with van der Waals surface area (Å²) in [7, 11) is 0. The van der Waals surface area contributed by atoms with Gasteiger partial charge in [0.05, 0.1) is 6.20 Å². The maximum absolute atomic E-state index is 12.0. The summed E-state index contributed by atoms with van der Waals surface area (Å²) in [6.07, 6.45) is 4.60. The summed E-state index contributed by atoms with van der Waals surface area (Å²) in [5.41, 5.74) is 0.582. The summed E-state index contributed by atoms with van der Waals surface area (Å²) >= 11 is 3.16. The second kappa shape index (κ2) is 6.40. The number of furan rings is 1. The van der Waals surface area contributed by atoms with E-state index in [1.54, 1.807) is 42.6 Å². The first kappa shape index (κ1) is 14.3. The molecule has 0 unspecified atom stereocenters. The molecule has 0 aliphatic rings. The minimum Gasteiger partial charge on any atom is -0.444 e. The van der Waals surface area contributed by atoms with Crippen LogP contribution in [0.1, 0.15) is 10.6 Å². The molecule has 22 heavy (non-hydrogen) atoms. The third kappa shape index (κ3) is 3.50. The first-order valence-corrected chi connectivity index (χ1v) is 7.10. The van der Waals surface area contributed by atoms with Gasteiger partial charge >= 0.3 is 0 Å². The number of carbonyl (C=O) groups excluding carboxylic acids is 1. The number of ether oxygens (including phenoxy) is 1. The Hall–Kier alpha value is -2.67. The van der Waals surface area contributed by atoms with Gasteiger partial charge < -0.3 is 14.5 Å². The van der Waals surface area contributed by atoms with E-state index in [1.165, 1.54) is 12.4 Å². The molecule has 0 radical (unpaired) electrons. The van der Waals surface area contributed by atoms with E-state index in [1.807, 2.05) is 0 Å². The molecule has 2 aromatic heterocycles. The number of nitrogens with zero attached hydrogens (tertiary/aromatic N) is 2. The number of hydrogen-bond acceptors (Lipinski definition) is 5. The fourth-order valence-corrected chi connectivity index (χ4v) is 2.03. The van der Waals surface area contributed by atoms with Gasteiger partial charge in [0.2, 0.25) is 5.88 Å². The van der Waals surface area contributed by atoms with Gasteiger partial charge in [-0.1, -0.05) is 6.07 Å². The van der Waals surface area contributed by atoms with Gasteiger partial charge in [-0.3, -0.25) is 9.78 Å². The number of hydrogen-bond donors (Lipinski definition) is 1. The van der Waals surface area contributed by atoms with E-state index in [0.717, 1.165) is 0 Å². The second-order valence-corrected chi connectivity index (χ2v) is 5.01. The molecule has 1 aromatic carbocycles. The molecular weight excluding hydrogens is 350 g/mol. The highest BCUT2D eigenvalue weighted by Gasteiger charge is 2.11. The second-order valence-electron chi connectivity index (χ2n) is 4.23. The average molecular weight is 360 g/mol. The van der Waals surface area contributed by atoms with Gasteiger partial charge in [-0.05, 0) is 40.2 Å². The molecule has 7 heteroatoms. The van der Waals surface area contributed by atoms with Crippen LogP contribution in [0.3, 0.4) is 0 Å². The molecule has 0 saturated carbocycles. The van der Waals surface area contributed by atoms with Gasteiger partial charge in [-0.15, -0.1) is 0 Å². The lowest BCUT2D eigenvalue weighted by Crippen LogP contribution is -2.10. The van der Waals surface area contributed by atoms with Crippen LogP contribution in [0.15, 0.2) is 64.1 Å². The van der Waals surface area contributed by atoms with Crippen LogP contribution in [-0.2, 0) is 0 Å². The molecular formula is C15H10BrN3O3. The van der Waals surface area contributed by atoms with E-state index in [2.05, 4.69) is 31.2 Å². The minimum atomic E-state index is -0.345. The molecule has 2 heterocycles. The number of nitrogens with one attached hydrogen (secondary N) is 1. The van der Waals surface area contributed by atoms with Crippen LogP contribution in [0, 0.1) is 0 Å². The maximum Gasteiger partial charge on any atom is 0.291 e. The van der Waals surface area contributed by atoms with Crippen molar-refractivity contribution in [1.29, 1.82) is 0 Å². The molecule has 0 aliphatic carbocycles. The van der Waals surface area contributed by atoms with Crippen molar-refractivity contribution >= 4 is 27.5 Å². The smallest absolute Gasteiger partial charge is 0.291 e. The van der Waals surface area contributed by atoms with Crippen molar-refractivity contribution in [3.05, 3.63) is 65.4 Å². The molecule has 0 aliphatic heterocycles. The van der Waals surface area contributed by atoms with Gasteiger partial charge in [0, 0.05) is 24.1 Å². The van der Waals surface area contributed by atoms with Crippen molar-refractivity contribution < 1.29 is 13.9 Å². The highest BCUT2D eigenvalue weighted by molar-refractivity contribution is 9.10. The van der Waals surface area contributed by atoms with Crippen LogP contribution in [0.5, 0.6) is 11.6 Å². The molecule has 3 rings (SSSR count). The van der Waals surface area contributed by atoms with Crippen LogP contribution >= 0.6 is 15.9 Å². The number of anilines is 1. The van der Waals surface area contributed by atoms with Crippen molar-refractivity contribution in [2.45, 2.75) is 0 Å². The van der Waals surface area contributed by atoms with E-state index in [0.29, 0.717) is 22.0 Å². The van der Waals surface area contributed by atoms with Gasteiger partial charge in [-0.2, -0.15) is 0 Å². The van der Waals surface area contributed by atoms with Crippen LogP contribution in [0.2, 0.25) is 0 Å². The molecule has 1 amide bonds. The zero-order chi connectivity index (χ0) is 15.4. The van der Waals surface area contributed by atoms with Crippen molar-refractivity contribution in [1.82, 2.24) is 9.97 Å². The third-order valence-electron chi connectivity index (χ3n) is 2.65. The number of amides is 1. The Bertz CT molecular complexity index is 789. The quantitative estimate of drug-likeness (QED) is 0.764. The van der Waals surface area contributed by atoms with Crippen molar-refractivity contribution in [3.8, 4) is 11.6 Å². The lowest BCUT2D eigenvalue weighted by Gasteiger charge is -2.07. The molecule has 0 fully saturated rings. The van der Waals surface area contributed by atoms with E-state index in [-0.39, 0.29) is 11.7 Å². The molecule has 0 spiro atoms. The molecule has 1 N–H and O–H groups in total. The number of benzene rings is 1. The van der Waals surface area contributed by atoms with E-state index in [4.69, 9.17) is 9.15 Å². The lowest BCUT2D eigenvalue weighted by molar-refractivity contribution is 0.0995. The molecule has 3 aromatic rings. The Morgan fingerprint density at radius 1 is 1.23 bits per heavy atom. The van der Waals surface area contributed by atoms with Gasteiger partial charge in [0.15, 0.2) is 10.4 Å². The molecule has 0 atom stereocenters. The van der Waals surface area contributed by atoms with Crippen molar-refractivity contribution in [2.24, 2.45) is 0 Å². The predicted octanol–water partition coefficient (Wildman–Crippen LogP) is 3.88. The number of rotatable bonds is 4. The highest BCUT2D eigenvalue weighted by atomic mass is 79.9. The largest absolute Gasteiger partial charge is 0.444 e. The fourth-order valence-electron chi connectivity index (χ4n) is 1.73. The topological polar surface area (TPSA) is 77.2 Å². The zero-order valence-electron chi connectivity index (χ0n) is 11.2. The molecule has 6 nitrogen and oxygen atoms in total. The summed E-state index contributed by atoms with van der Waals surface area (Å²) in [6.45, 7) is 0. The minimum absolute atomic E-state index is 0.215.